The Morgan fingerprint density at radius 1 is 1.37 bits per heavy atom. The molecule has 1 aromatic carbocycles. The van der Waals surface area contributed by atoms with Crippen molar-refractivity contribution < 1.29 is 0 Å². The number of likely N-dealkylation sites (N-methyl/N-ethyl adjacent to an activating group) is 1. The monoisotopic (exact) mass is 300 g/mol. The lowest BCUT2D eigenvalue weighted by Crippen LogP contribution is -2.38. The molecule has 0 spiro atoms. The Kier molecular flexibility index (Phi) is 5.52. The minimum atomic E-state index is 0.190. The Hall–Kier alpha value is -0.280. The zero-order chi connectivity index (χ0) is 13.8. The third-order valence-corrected chi connectivity index (χ3v) is 4.67. The number of halogens is 2. The smallest absolute Gasteiger partial charge is 0.0485 e. The third kappa shape index (κ3) is 3.63. The minimum Gasteiger partial charge on any atom is -0.329 e. The summed E-state index contributed by atoms with van der Waals surface area (Å²) in [6, 6.07) is 5.89. The first-order chi connectivity index (χ1) is 9.15. The third-order valence-electron chi connectivity index (χ3n) is 4.11. The average molecular weight is 301 g/mol. The van der Waals surface area contributed by atoms with Crippen molar-refractivity contribution in [1.29, 1.82) is 0 Å². The quantitative estimate of drug-likeness (QED) is 0.856. The van der Waals surface area contributed by atoms with Crippen LogP contribution in [0.3, 0.4) is 0 Å². The highest BCUT2D eigenvalue weighted by molar-refractivity contribution is 6.35. The number of benzene rings is 1. The first-order valence-electron chi connectivity index (χ1n) is 7.04. The van der Waals surface area contributed by atoms with E-state index in [4.69, 9.17) is 28.9 Å². The second-order valence-corrected chi connectivity index (χ2v) is 6.15. The molecule has 0 heterocycles. The van der Waals surface area contributed by atoms with E-state index in [2.05, 4.69) is 11.8 Å². The first kappa shape index (κ1) is 15.1. The van der Waals surface area contributed by atoms with E-state index in [9.17, 15) is 0 Å². The molecule has 106 valence electrons. The van der Waals surface area contributed by atoms with Gasteiger partial charge in [0.25, 0.3) is 0 Å². The maximum absolute atomic E-state index is 6.32. The SMILES string of the molecule is CCN(CC1CCC1)C(CN)c1ccc(Cl)cc1Cl. The summed E-state index contributed by atoms with van der Waals surface area (Å²) < 4.78 is 0. The first-order valence-corrected chi connectivity index (χ1v) is 7.80. The summed E-state index contributed by atoms with van der Waals surface area (Å²) in [5, 5.41) is 1.39. The van der Waals surface area contributed by atoms with Crippen molar-refractivity contribution >= 4 is 23.2 Å². The van der Waals surface area contributed by atoms with Gasteiger partial charge in [0.1, 0.15) is 0 Å². The van der Waals surface area contributed by atoms with Crippen molar-refractivity contribution in [3.63, 3.8) is 0 Å². The van der Waals surface area contributed by atoms with Gasteiger partial charge in [-0.2, -0.15) is 0 Å². The van der Waals surface area contributed by atoms with Crippen LogP contribution < -0.4 is 5.73 Å². The van der Waals surface area contributed by atoms with Gasteiger partial charge in [0, 0.05) is 29.2 Å². The Bertz CT molecular complexity index is 419. The lowest BCUT2D eigenvalue weighted by Gasteiger charge is -2.36. The fourth-order valence-electron chi connectivity index (χ4n) is 2.73. The van der Waals surface area contributed by atoms with E-state index in [1.807, 2.05) is 12.1 Å². The molecule has 1 unspecified atom stereocenters. The Morgan fingerprint density at radius 2 is 2.11 bits per heavy atom. The van der Waals surface area contributed by atoms with Gasteiger partial charge in [-0.25, -0.2) is 0 Å². The number of hydrogen-bond donors (Lipinski definition) is 1. The summed E-state index contributed by atoms with van der Waals surface area (Å²) >= 11 is 12.3. The summed E-state index contributed by atoms with van der Waals surface area (Å²) in [7, 11) is 0. The molecule has 2 rings (SSSR count). The van der Waals surface area contributed by atoms with Crippen LogP contribution in [0, 0.1) is 5.92 Å². The molecule has 0 aromatic heterocycles. The molecular formula is C15H22Cl2N2. The summed E-state index contributed by atoms with van der Waals surface area (Å²) in [5.74, 6) is 0.833. The molecule has 2 N–H and O–H groups in total. The van der Waals surface area contributed by atoms with Crippen molar-refractivity contribution in [1.82, 2.24) is 4.90 Å². The van der Waals surface area contributed by atoms with Crippen LogP contribution in [-0.4, -0.2) is 24.5 Å². The van der Waals surface area contributed by atoms with Gasteiger partial charge >= 0.3 is 0 Å². The predicted octanol–water partition coefficient (Wildman–Crippen LogP) is 4.12. The highest BCUT2D eigenvalue weighted by Gasteiger charge is 2.25. The van der Waals surface area contributed by atoms with Crippen LogP contribution in [-0.2, 0) is 0 Å². The minimum absolute atomic E-state index is 0.190. The zero-order valence-corrected chi connectivity index (χ0v) is 12.9. The van der Waals surface area contributed by atoms with E-state index >= 15 is 0 Å². The van der Waals surface area contributed by atoms with Crippen molar-refractivity contribution in [3.8, 4) is 0 Å². The molecule has 0 amide bonds. The van der Waals surface area contributed by atoms with Crippen LogP contribution >= 0.6 is 23.2 Å². The van der Waals surface area contributed by atoms with Crippen LogP contribution in [0.15, 0.2) is 18.2 Å². The summed E-state index contributed by atoms with van der Waals surface area (Å²) in [5.41, 5.74) is 7.08. The van der Waals surface area contributed by atoms with E-state index < -0.39 is 0 Å². The molecule has 2 nitrogen and oxygen atoms in total. The lowest BCUT2D eigenvalue weighted by molar-refractivity contribution is 0.141. The number of nitrogens with zero attached hydrogens (tertiary/aromatic N) is 1. The Labute approximate surface area is 125 Å². The van der Waals surface area contributed by atoms with Gasteiger partial charge in [0.2, 0.25) is 0 Å². The molecule has 0 saturated heterocycles. The lowest BCUT2D eigenvalue weighted by atomic mass is 9.84. The fraction of sp³-hybridized carbons (Fsp3) is 0.600. The summed E-state index contributed by atoms with van der Waals surface area (Å²) in [4.78, 5) is 2.44. The van der Waals surface area contributed by atoms with Gasteiger partial charge in [0.05, 0.1) is 0 Å². The van der Waals surface area contributed by atoms with E-state index in [0.29, 0.717) is 11.6 Å². The molecule has 1 fully saturated rings. The number of nitrogens with two attached hydrogens (primary N) is 1. The van der Waals surface area contributed by atoms with Crippen LogP contribution in [0.5, 0.6) is 0 Å². The highest BCUT2D eigenvalue weighted by atomic mass is 35.5. The molecule has 4 heteroatoms. The summed E-state index contributed by atoms with van der Waals surface area (Å²) in [6.45, 7) is 4.89. The molecular weight excluding hydrogens is 279 g/mol. The van der Waals surface area contributed by atoms with Gasteiger partial charge < -0.3 is 5.73 Å². The molecule has 1 aliphatic rings. The van der Waals surface area contributed by atoms with Gasteiger partial charge in [-0.15, -0.1) is 0 Å². The molecule has 0 bridgehead atoms. The second kappa shape index (κ2) is 6.94. The van der Waals surface area contributed by atoms with Crippen LogP contribution in [0.1, 0.15) is 37.8 Å². The van der Waals surface area contributed by atoms with Gasteiger partial charge in [0.15, 0.2) is 0 Å². The second-order valence-electron chi connectivity index (χ2n) is 5.30. The topological polar surface area (TPSA) is 29.3 Å². The van der Waals surface area contributed by atoms with Crippen molar-refractivity contribution in [2.45, 2.75) is 32.2 Å². The Morgan fingerprint density at radius 3 is 2.58 bits per heavy atom. The summed E-state index contributed by atoms with van der Waals surface area (Å²) in [6.07, 6.45) is 4.07. The zero-order valence-electron chi connectivity index (χ0n) is 11.4. The highest BCUT2D eigenvalue weighted by Crippen LogP contribution is 2.33. The van der Waals surface area contributed by atoms with Gasteiger partial charge in [-0.3, -0.25) is 4.90 Å². The molecule has 0 radical (unpaired) electrons. The Balaban J connectivity index is 2.15. The standard InChI is InChI=1S/C15H22Cl2N2/c1-2-19(10-11-4-3-5-11)15(9-18)13-7-6-12(16)8-14(13)17/h6-8,11,15H,2-5,9-10,18H2,1H3. The average Bonchev–Trinajstić information content (AvgIpc) is 2.33. The molecule has 1 atom stereocenters. The largest absolute Gasteiger partial charge is 0.329 e. The number of rotatable bonds is 6. The van der Waals surface area contributed by atoms with Gasteiger partial charge in [-0.1, -0.05) is 42.6 Å². The van der Waals surface area contributed by atoms with Crippen molar-refractivity contribution in [2.75, 3.05) is 19.6 Å². The molecule has 1 aliphatic carbocycles. The molecule has 1 aromatic rings. The van der Waals surface area contributed by atoms with Gasteiger partial charge in [-0.05, 0) is 43.0 Å². The molecule has 1 saturated carbocycles. The fourth-order valence-corrected chi connectivity index (χ4v) is 3.26. The van der Waals surface area contributed by atoms with Crippen LogP contribution in [0.25, 0.3) is 0 Å². The van der Waals surface area contributed by atoms with E-state index in [1.54, 1.807) is 6.07 Å². The molecule has 0 aliphatic heterocycles. The van der Waals surface area contributed by atoms with E-state index in [-0.39, 0.29) is 6.04 Å². The van der Waals surface area contributed by atoms with Crippen LogP contribution in [0.2, 0.25) is 10.0 Å². The van der Waals surface area contributed by atoms with E-state index in [0.717, 1.165) is 29.6 Å². The normalized spacial score (nSPS) is 17.5. The predicted molar refractivity (Wildman–Crippen MR) is 82.8 cm³/mol. The number of hydrogen-bond acceptors (Lipinski definition) is 2. The molecule has 19 heavy (non-hydrogen) atoms. The van der Waals surface area contributed by atoms with Crippen molar-refractivity contribution in [3.05, 3.63) is 33.8 Å². The van der Waals surface area contributed by atoms with Crippen molar-refractivity contribution in [2.24, 2.45) is 11.7 Å². The van der Waals surface area contributed by atoms with E-state index in [1.165, 1.54) is 19.3 Å². The maximum atomic E-state index is 6.32. The maximum Gasteiger partial charge on any atom is 0.0485 e. The van der Waals surface area contributed by atoms with Crippen LogP contribution in [0.4, 0.5) is 0 Å².